The van der Waals surface area contributed by atoms with Gasteiger partial charge in [0.15, 0.2) is 0 Å². The molecule has 110 valence electrons. The molecule has 2 rings (SSSR count). The summed E-state index contributed by atoms with van der Waals surface area (Å²) in [4.78, 5) is 18.2. The Morgan fingerprint density at radius 2 is 2.14 bits per heavy atom. The Morgan fingerprint density at radius 3 is 2.81 bits per heavy atom. The molecule has 2 aromatic rings. The molecule has 1 amide bonds. The highest BCUT2D eigenvalue weighted by molar-refractivity contribution is 9.10. The van der Waals surface area contributed by atoms with Crippen molar-refractivity contribution in [1.82, 2.24) is 9.88 Å². The van der Waals surface area contributed by atoms with Crippen LogP contribution in [-0.2, 0) is 17.8 Å². The molecule has 0 radical (unpaired) electrons. The van der Waals surface area contributed by atoms with E-state index >= 15 is 0 Å². The van der Waals surface area contributed by atoms with E-state index in [1.165, 1.54) is 0 Å². The number of aromatic nitrogens is 1. The first kappa shape index (κ1) is 15.5. The first-order valence-corrected chi connectivity index (χ1v) is 7.35. The van der Waals surface area contributed by atoms with Crippen LogP contribution in [0.15, 0.2) is 47.1 Å². The van der Waals surface area contributed by atoms with E-state index < -0.39 is 0 Å². The molecule has 0 aliphatic heterocycles. The minimum Gasteiger partial charge on any atom is -0.496 e. The summed E-state index contributed by atoms with van der Waals surface area (Å²) < 4.78 is 6.22. The van der Waals surface area contributed by atoms with Crippen molar-refractivity contribution in [2.45, 2.75) is 13.0 Å². The molecule has 0 aliphatic rings. The quantitative estimate of drug-likeness (QED) is 0.833. The number of ether oxygens (including phenoxy) is 1. The number of hydrogen-bond acceptors (Lipinski definition) is 3. The summed E-state index contributed by atoms with van der Waals surface area (Å²) in [5.41, 5.74) is 1.74. The van der Waals surface area contributed by atoms with Crippen LogP contribution in [0.5, 0.6) is 5.75 Å². The number of halogens is 1. The lowest BCUT2D eigenvalue weighted by molar-refractivity contribution is -0.129. The Hall–Kier alpha value is -1.88. The summed E-state index contributed by atoms with van der Waals surface area (Å²) in [6.07, 6.45) is 2.02. The molecule has 0 bridgehead atoms. The zero-order chi connectivity index (χ0) is 15.2. The summed E-state index contributed by atoms with van der Waals surface area (Å²) in [5, 5.41) is 0. The minimum atomic E-state index is 0.0250. The fourth-order valence-corrected chi connectivity index (χ4v) is 2.41. The predicted octanol–water partition coefficient (Wildman–Crippen LogP) is 3.05. The van der Waals surface area contributed by atoms with Crippen LogP contribution in [0.4, 0.5) is 0 Å². The highest BCUT2D eigenvalue weighted by atomic mass is 79.9. The van der Waals surface area contributed by atoms with Crippen molar-refractivity contribution >= 4 is 21.8 Å². The van der Waals surface area contributed by atoms with Gasteiger partial charge in [0.25, 0.3) is 0 Å². The smallest absolute Gasteiger partial charge is 0.227 e. The summed E-state index contributed by atoms with van der Waals surface area (Å²) in [6, 6.07) is 11.3. The lowest BCUT2D eigenvalue weighted by atomic mass is 10.1. The van der Waals surface area contributed by atoms with Gasteiger partial charge in [-0.15, -0.1) is 0 Å². The Balaban J connectivity index is 2.05. The molecule has 0 unspecified atom stereocenters. The summed E-state index contributed by atoms with van der Waals surface area (Å²) in [7, 11) is 3.39. The normalized spacial score (nSPS) is 10.2. The van der Waals surface area contributed by atoms with Gasteiger partial charge >= 0.3 is 0 Å². The van der Waals surface area contributed by atoms with Crippen LogP contribution in [-0.4, -0.2) is 29.9 Å². The first-order valence-electron chi connectivity index (χ1n) is 6.56. The van der Waals surface area contributed by atoms with Gasteiger partial charge < -0.3 is 9.64 Å². The van der Waals surface area contributed by atoms with E-state index in [-0.39, 0.29) is 5.91 Å². The fourth-order valence-electron chi connectivity index (χ4n) is 2.01. The maximum absolute atomic E-state index is 12.3. The number of carbonyl (C=O) groups is 1. The van der Waals surface area contributed by atoms with Crippen LogP contribution in [0.1, 0.15) is 11.3 Å². The average Bonchev–Trinajstić information content (AvgIpc) is 2.48. The molecular formula is C16H17BrN2O2. The molecule has 0 N–H and O–H groups in total. The lowest BCUT2D eigenvalue weighted by Gasteiger charge is -2.17. The average molecular weight is 349 g/mol. The molecular weight excluding hydrogens is 332 g/mol. The van der Waals surface area contributed by atoms with Crippen molar-refractivity contribution in [3.63, 3.8) is 0 Å². The number of nitrogens with zero attached hydrogens (tertiary/aromatic N) is 2. The number of carbonyl (C=O) groups excluding carboxylic acids is 1. The van der Waals surface area contributed by atoms with Gasteiger partial charge in [0.05, 0.1) is 25.8 Å². The third kappa shape index (κ3) is 4.29. The van der Waals surface area contributed by atoms with Gasteiger partial charge in [-0.05, 0) is 30.3 Å². The first-order chi connectivity index (χ1) is 10.1. The van der Waals surface area contributed by atoms with Gasteiger partial charge in [-0.2, -0.15) is 0 Å². The van der Waals surface area contributed by atoms with Crippen molar-refractivity contribution in [2.75, 3.05) is 14.2 Å². The number of likely N-dealkylation sites (N-methyl/N-ethyl adjacent to an activating group) is 1. The van der Waals surface area contributed by atoms with E-state index in [2.05, 4.69) is 20.9 Å². The van der Waals surface area contributed by atoms with E-state index in [1.807, 2.05) is 36.4 Å². The third-order valence-electron chi connectivity index (χ3n) is 3.14. The molecule has 0 aliphatic carbocycles. The SMILES string of the molecule is COc1ccc(Br)cc1CC(=O)N(C)Cc1ccccn1. The second-order valence-corrected chi connectivity index (χ2v) is 5.62. The maximum atomic E-state index is 12.3. The zero-order valence-electron chi connectivity index (χ0n) is 12.0. The lowest BCUT2D eigenvalue weighted by Crippen LogP contribution is -2.28. The predicted molar refractivity (Wildman–Crippen MR) is 85.1 cm³/mol. The van der Waals surface area contributed by atoms with Crippen molar-refractivity contribution in [2.24, 2.45) is 0 Å². The molecule has 0 saturated heterocycles. The van der Waals surface area contributed by atoms with Crippen LogP contribution < -0.4 is 4.74 Å². The highest BCUT2D eigenvalue weighted by Crippen LogP contribution is 2.23. The second kappa shape index (κ2) is 7.22. The Morgan fingerprint density at radius 1 is 1.33 bits per heavy atom. The van der Waals surface area contributed by atoms with Gasteiger partial charge in [-0.25, -0.2) is 0 Å². The van der Waals surface area contributed by atoms with E-state index in [1.54, 1.807) is 25.3 Å². The fraction of sp³-hybridized carbons (Fsp3) is 0.250. The molecule has 21 heavy (non-hydrogen) atoms. The number of hydrogen-bond donors (Lipinski definition) is 0. The van der Waals surface area contributed by atoms with Crippen LogP contribution in [0, 0.1) is 0 Å². The summed E-state index contributed by atoms with van der Waals surface area (Å²) in [5.74, 6) is 0.745. The second-order valence-electron chi connectivity index (χ2n) is 4.70. The monoisotopic (exact) mass is 348 g/mol. The molecule has 0 spiro atoms. The molecule has 0 atom stereocenters. The Bertz CT molecular complexity index is 617. The highest BCUT2D eigenvalue weighted by Gasteiger charge is 2.14. The number of amides is 1. The molecule has 1 heterocycles. The number of methoxy groups -OCH3 is 1. The van der Waals surface area contributed by atoms with Crippen LogP contribution in [0.2, 0.25) is 0 Å². The van der Waals surface area contributed by atoms with E-state index in [0.29, 0.717) is 13.0 Å². The van der Waals surface area contributed by atoms with Gasteiger partial charge in [0, 0.05) is 23.3 Å². The maximum Gasteiger partial charge on any atom is 0.227 e. The van der Waals surface area contributed by atoms with Crippen LogP contribution >= 0.6 is 15.9 Å². The Labute approximate surface area is 132 Å². The van der Waals surface area contributed by atoms with E-state index in [9.17, 15) is 4.79 Å². The van der Waals surface area contributed by atoms with Gasteiger partial charge in [-0.1, -0.05) is 22.0 Å². The van der Waals surface area contributed by atoms with Crippen molar-refractivity contribution < 1.29 is 9.53 Å². The number of pyridine rings is 1. The van der Waals surface area contributed by atoms with E-state index in [4.69, 9.17) is 4.74 Å². The summed E-state index contributed by atoms with van der Waals surface area (Å²) >= 11 is 3.42. The molecule has 1 aromatic carbocycles. The van der Waals surface area contributed by atoms with Crippen molar-refractivity contribution in [3.8, 4) is 5.75 Å². The summed E-state index contributed by atoms with van der Waals surface area (Å²) in [6.45, 7) is 0.496. The number of rotatable bonds is 5. The van der Waals surface area contributed by atoms with Crippen molar-refractivity contribution in [3.05, 3.63) is 58.3 Å². The molecule has 0 fully saturated rings. The largest absolute Gasteiger partial charge is 0.496 e. The molecule has 0 saturated carbocycles. The topological polar surface area (TPSA) is 42.4 Å². The van der Waals surface area contributed by atoms with Gasteiger partial charge in [0.1, 0.15) is 5.75 Å². The Kier molecular flexibility index (Phi) is 5.33. The molecule has 5 heteroatoms. The zero-order valence-corrected chi connectivity index (χ0v) is 13.6. The molecule has 4 nitrogen and oxygen atoms in total. The third-order valence-corrected chi connectivity index (χ3v) is 3.63. The van der Waals surface area contributed by atoms with Gasteiger partial charge in [0.2, 0.25) is 5.91 Å². The van der Waals surface area contributed by atoms with E-state index in [0.717, 1.165) is 21.5 Å². The standard InChI is InChI=1S/C16H17BrN2O2/c1-19(11-14-5-3-4-8-18-14)16(20)10-12-9-13(17)6-7-15(12)21-2/h3-9H,10-11H2,1-2H3. The van der Waals surface area contributed by atoms with Crippen LogP contribution in [0.25, 0.3) is 0 Å². The van der Waals surface area contributed by atoms with Crippen molar-refractivity contribution in [1.29, 1.82) is 0 Å². The van der Waals surface area contributed by atoms with Crippen LogP contribution in [0.3, 0.4) is 0 Å². The van der Waals surface area contributed by atoms with Gasteiger partial charge in [-0.3, -0.25) is 9.78 Å². The minimum absolute atomic E-state index is 0.0250. The number of benzene rings is 1. The molecule has 1 aromatic heterocycles.